The molecule has 0 amide bonds. The zero-order chi connectivity index (χ0) is 33.0. The van der Waals surface area contributed by atoms with Crippen molar-refractivity contribution in [2.45, 2.75) is 12.0 Å². The molecular weight excluding hydrogens is 605 g/mol. The van der Waals surface area contributed by atoms with Crippen molar-refractivity contribution in [3.8, 4) is 39.1 Å². The average molecular weight is 639 g/mol. The molecule has 50 heavy (non-hydrogen) atoms. The molecule has 2 atom stereocenters. The molecule has 1 aliphatic carbocycles. The smallest absolute Gasteiger partial charge is 0.0637 e. The second kappa shape index (κ2) is 11.6. The Kier molecular flexibility index (Phi) is 6.67. The summed E-state index contributed by atoms with van der Waals surface area (Å²) in [5.74, 6) is 0.211. The van der Waals surface area contributed by atoms with Crippen LogP contribution in [0.3, 0.4) is 0 Å². The highest BCUT2D eigenvalue weighted by atomic mass is 15.2. The predicted octanol–water partition coefficient (Wildman–Crippen LogP) is 12.3. The Balaban J connectivity index is 1.07. The summed E-state index contributed by atoms with van der Waals surface area (Å²) >= 11 is 0. The normalized spacial score (nSPS) is 15.9. The molecule has 236 valence electrons. The molecule has 0 fully saturated rings. The number of nitrogens with zero attached hydrogens (tertiary/aromatic N) is 2. The highest BCUT2D eigenvalue weighted by Crippen LogP contribution is 2.54. The second-order valence-electron chi connectivity index (χ2n) is 13.3. The Labute approximate surface area is 292 Å². The number of hydrogen-bond acceptors (Lipinski definition) is 1. The third-order valence-corrected chi connectivity index (χ3v) is 10.6. The van der Waals surface area contributed by atoms with E-state index in [1.807, 2.05) is 0 Å². The van der Waals surface area contributed by atoms with Crippen molar-refractivity contribution in [1.29, 1.82) is 0 Å². The summed E-state index contributed by atoms with van der Waals surface area (Å²) in [7, 11) is 0. The number of anilines is 2. The maximum Gasteiger partial charge on any atom is 0.0637 e. The van der Waals surface area contributed by atoms with Crippen molar-refractivity contribution in [3.05, 3.63) is 205 Å². The molecule has 2 heteroatoms. The number of aromatic nitrogens is 1. The summed E-state index contributed by atoms with van der Waals surface area (Å²) in [5.41, 5.74) is 16.4. The van der Waals surface area contributed by atoms with Crippen molar-refractivity contribution < 1.29 is 0 Å². The Bertz CT molecular complexity index is 2520. The summed E-state index contributed by atoms with van der Waals surface area (Å²) in [6.45, 7) is 0. The van der Waals surface area contributed by atoms with Crippen molar-refractivity contribution in [1.82, 2.24) is 4.57 Å². The van der Waals surface area contributed by atoms with Crippen LogP contribution in [0.5, 0.6) is 0 Å². The predicted molar refractivity (Wildman–Crippen MR) is 209 cm³/mol. The lowest BCUT2D eigenvalue weighted by Gasteiger charge is -2.31. The van der Waals surface area contributed by atoms with E-state index >= 15 is 0 Å². The lowest BCUT2D eigenvalue weighted by Crippen LogP contribution is -2.30. The van der Waals surface area contributed by atoms with E-state index in [4.69, 9.17) is 0 Å². The number of para-hydroxylation sites is 2. The van der Waals surface area contributed by atoms with Crippen LogP contribution in [0.4, 0.5) is 11.4 Å². The summed E-state index contributed by atoms with van der Waals surface area (Å²) in [5, 5.41) is 1.32. The van der Waals surface area contributed by atoms with Gasteiger partial charge in [0.2, 0.25) is 0 Å². The van der Waals surface area contributed by atoms with Gasteiger partial charge >= 0.3 is 0 Å². The lowest BCUT2D eigenvalue weighted by molar-refractivity contribution is 0.725. The molecule has 8 aromatic rings. The summed E-state index contributed by atoms with van der Waals surface area (Å²) in [6.07, 6.45) is 4.80. The number of rotatable bonds is 5. The SMILES string of the molecule is C1=CC2C(c3ccccc3N2c2ccc(-c3ccccc3)cc2)c2c1n(-c1ccc(-c3ccccc3-c3ccccc3)cc1)c1ccccc21. The zero-order valence-electron chi connectivity index (χ0n) is 27.5. The van der Waals surface area contributed by atoms with Crippen LogP contribution in [0.15, 0.2) is 188 Å². The highest BCUT2D eigenvalue weighted by molar-refractivity contribution is 5.94. The molecule has 0 bridgehead atoms. The molecule has 1 aliphatic heterocycles. The largest absolute Gasteiger partial charge is 0.333 e. The van der Waals surface area contributed by atoms with E-state index in [1.54, 1.807) is 0 Å². The molecule has 2 unspecified atom stereocenters. The minimum Gasteiger partial charge on any atom is -0.333 e. The van der Waals surface area contributed by atoms with Crippen molar-refractivity contribution in [3.63, 3.8) is 0 Å². The van der Waals surface area contributed by atoms with Gasteiger partial charge in [0.25, 0.3) is 0 Å². The molecular formula is C48H34N2. The van der Waals surface area contributed by atoms with Crippen molar-refractivity contribution in [2.75, 3.05) is 4.90 Å². The zero-order valence-corrected chi connectivity index (χ0v) is 27.5. The summed E-state index contributed by atoms with van der Waals surface area (Å²) < 4.78 is 2.46. The van der Waals surface area contributed by atoms with Gasteiger partial charge in [0.1, 0.15) is 0 Å². The monoisotopic (exact) mass is 638 g/mol. The van der Waals surface area contributed by atoms with E-state index in [2.05, 4.69) is 204 Å². The van der Waals surface area contributed by atoms with E-state index in [1.165, 1.54) is 78.2 Å². The van der Waals surface area contributed by atoms with Gasteiger partial charge in [0.05, 0.1) is 17.3 Å². The summed E-state index contributed by atoms with van der Waals surface area (Å²) in [4.78, 5) is 2.54. The van der Waals surface area contributed by atoms with Gasteiger partial charge in [-0.2, -0.15) is 0 Å². The fourth-order valence-electron chi connectivity index (χ4n) is 8.38. The topological polar surface area (TPSA) is 8.17 Å². The first-order valence-corrected chi connectivity index (χ1v) is 17.4. The molecule has 0 saturated heterocycles. The van der Waals surface area contributed by atoms with E-state index < -0.39 is 0 Å². The summed E-state index contributed by atoms with van der Waals surface area (Å²) in [6, 6.07) is 66.3. The maximum atomic E-state index is 2.54. The number of fused-ring (bicyclic) bond motifs is 7. The van der Waals surface area contributed by atoms with Gasteiger partial charge < -0.3 is 9.47 Å². The first kappa shape index (κ1) is 28.6. The molecule has 2 heterocycles. The minimum absolute atomic E-state index is 0.179. The van der Waals surface area contributed by atoms with Gasteiger partial charge in [0, 0.05) is 28.4 Å². The molecule has 2 aliphatic rings. The number of benzene rings is 7. The van der Waals surface area contributed by atoms with Crippen LogP contribution in [-0.2, 0) is 0 Å². The molecule has 0 N–H and O–H groups in total. The molecule has 7 aromatic carbocycles. The molecule has 0 spiro atoms. The van der Waals surface area contributed by atoms with Crippen molar-refractivity contribution in [2.24, 2.45) is 0 Å². The third kappa shape index (κ3) is 4.49. The van der Waals surface area contributed by atoms with Crippen molar-refractivity contribution >= 4 is 28.4 Å². The van der Waals surface area contributed by atoms with Crippen LogP contribution < -0.4 is 4.90 Å². The Morgan fingerprint density at radius 2 is 0.960 bits per heavy atom. The Morgan fingerprint density at radius 3 is 1.70 bits per heavy atom. The van der Waals surface area contributed by atoms with Gasteiger partial charge in [0.15, 0.2) is 0 Å². The average Bonchev–Trinajstić information content (AvgIpc) is 3.72. The van der Waals surface area contributed by atoms with E-state index in [9.17, 15) is 0 Å². The highest BCUT2D eigenvalue weighted by Gasteiger charge is 2.43. The molecule has 0 saturated carbocycles. The quantitative estimate of drug-likeness (QED) is 0.182. The van der Waals surface area contributed by atoms with Crippen LogP contribution in [0.1, 0.15) is 22.7 Å². The van der Waals surface area contributed by atoms with Crippen LogP contribution in [0.2, 0.25) is 0 Å². The van der Waals surface area contributed by atoms with Crippen LogP contribution in [0, 0.1) is 0 Å². The lowest BCUT2D eigenvalue weighted by atomic mass is 9.82. The van der Waals surface area contributed by atoms with Gasteiger partial charge in [-0.25, -0.2) is 0 Å². The van der Waals surface area contributed by atoms with Crippen LogP contribution >= 0.6 is 0 Å². The first-order chi connectivity index (χ1) is 24.8. The second-order valence-corrected chi connectivity index (χ2v) is 13.3. The Morgan fingerprint density at radius 1 is 0.420 bits per heavy atom. The van der Waals surface area contributed by atoms with Gasteiger partial charge in [-0.3, -0.25) is 0 Å². The van der Waals surface area contributed by atoms with E-state index in [0.717, 1.165) is 0 Å². The molecule has 1 aromatic heterocycles. The standard InChI is InChI=1S/C48H34N2/c1-3-13-33(14-4-1)34-23-27-37(28-24-34)49-43-21-11-9-19-41(43)47-45(49)31-32-46-48(47)42-20-10-12-22-44(42)50(46)38-29-25-36(26-30-38)40-18-8-7-17-39(40)35-15-5-2-6-16-35/h1-32,45,47H. The molecule has 10 rings (SSSR count). The first-order valence-electron chi connectivity index (χ1n) is 17.4. The minimum atomic E-state index is 0.179. The molecule has 2 nitrogen and oxygen atoms in total. The maximum absolute atomic E-state index is 2.54. The van der Waals surface area contributed by atoms with Gasteiger partial charge in [-0.05, 0) is 87.0 Å². The molecule has 0 radical (unpaired) electrons. The van der Waals surface area contributed by atoms with Crippen LogP contribution in [-0.4, -0.2) is 10.6 Å². The third-order valence-electron chi connectivity index (χ3n) is 10.6. The van der Waals surface area contributed by atoms with E-state index in [-0.39, 0.29) is 12.0 Å². The Hall–Kier alpha value is -6.38. The van der Waals surface area contributed by atoms with Gasteiger partial charge in [-0.1, -0.05) is 152 Å². The fraction of sp³-hybridized carbons (Fsp3) is 0.0417. The number of hydrogen-bond donors (Lipinski definition) is 0. The fourth-order valence-corrected chi connectivity index (χ4v) is 8.38. The van der Waals surface area contributed by atoms with Crippen LogP contribution in [0.25, 0.3) is 56.0 Å². The van der Waals surface area contributed by atoms with E-state index in [0.29, 0.717) is 0 Å². The van der Waals surface area contributed by atoms with Gasteiger partial charge in [-0.15, -0.1) is 0 Å².